The maximum Gasteiger partial charge on any atom is 0.222 e. The Hall–Kier alpha value is -2.30. The average molecular weight is 325 g/mol. The monoisotopic (exact) mass is 325 g/mol. The maximum atomic E-state index is 12.6. The van der Waals surface area contributed by atoms with Crippen LogP contribution in [0, 0.1) is 5.92 Å². The highest BCUT2D eigenvalue weighted by Crippen LogP contribution is 2.31. The molecule has 2 atom stereocenters. The van der Waals surface area contributed by atoms with Crippen LogP contribution in [0.4, 0.5) is 0 Å². The fourth-order valence-corrected chi connectivity index (χ4v) is 4.17. The van der Waals surface area contributed by atoms with E-state index in [0.29, 0.717) is 25.3 Å². The maximum absolute atomic E-state index is 12.6. The Kier molecular flexibility index (Phi) is 3.79. The van der Waals surface area contributed by atoms with Crippen LogP contribution in [0.15, 0.2) is 30.5 Å². The molecule has 0 spiro atoms. The van der Waals surface area contributed by atoms with Crippen molar-refractivity contribution in [2.75, 3.05) is 20.1 Å². The molecule has 1 aromatic carbocycles. The van der Waals surface area contributed by atoms with Gasteiger partial charge in [0.25, 0.3) is 0 Å². The number of para-hydroxylation sites is 1. The van der Waals surface area contributed by atoms with Gasteiger partial charge in [0.2, 0.25) is 11.8 Å². The van der Waals surface area contributed by atoms with Crippen LogP contribution in [0.5, 0.6) is 0 Å². The molecule has 0 aliphatic carbocycles. The lowest BCUT2D eigenvalue weighted by molar-refractivity contribution is -0.135. The van der Waals surface area contributed by atoms with Crippen LogP contribution >= 0.6 is 0 Å². The van der Waals surface area contributed by atoms with Gasteiger partial charge in [0.05, 0.1) is 6.04 Å². The molecule has 2 aliphatic rings. The molecule has 0 unspecified atom stereocenters. The number of likely N-dealkylation sites (tertiary alicyclic amines) is 2. The second-order valence-electron chi connectivity index (χ2n) is 7.02. The molecule has 126 valence electrons. The van der Waals surface area contributed by atoms with E-state index < -0.39 is 0 Å². The summed E-state index contributed by atoms with van der Waals surface area (Å²) in [4.78, 5) is 31.5. The lowest BCUT2D eigenvalue weighted by Crippen LogP contribution is -2.49. The number of aryl methyl sites for hydroxylation is 1. The summed E-state index contributed by atoms with van der Waals surface area (Å²) >= 11 is 0. The molecular weight excluding hydrogens is 302 g/mol. The number of rotatable bonds is 3. The molecule has 5 heteroatoms. The molecule has 0 radical (unpaired) electrons. The Morgan fingerprint density at radius 2 is 2.17 bits per heavy atom. The molecule has 1 N–H and O–H groups in total. The summed E-state index contributed by atoms with van der Waals surface area (Å²) < 4.78 is 0. The number of likely N-dealkylation sites (N-methyl/N-ethyl adjacent to an activating group) is 1. The van der Waals surface area contributed by atoms with Crippen molar-refractivity contribution in [3.05, 3.63) is 36.0 Å². The summed E-state index contributed by atoms with van der Waals surface area (Å²) in [6.07, 6.45) is 4.88. The van der Waals surface area contributed by atoms with Gasteiger partial charge in [-0.15, -0.1) is 0 Å². The van der Waals surface area contributed by atoms with E-state index in [-0.39, 0.29) is 17.9 Å². The smallest absolute Gasteiger partial charge is 0.222 e. The van der Waals surface area contributed by atoms with E-state index in [2.05, 4.69) is 17.1 Å². The number of nitrogens with one attached hydrogen (secondary N) is 1. The Labute approximate surface area is 141 Å². The second-order valence-corrected chi connectivity index (χ2v) is 7.02. The minimum atomic E-state index is 0.200. The summed E-state index contributed by atoms with van der Waals surface area (Å²) in [6.45, 7) is 1.48. The van der Waals surface area contributed by atoms with Crippen LogP contribution < -0.4 is 0 Å². The fraction of sp³-hybridized carbons (Fsp3) is 0.474. The predicted molar refractivity (Wildman–Crippen MR) is 92.5 cm³/mol. The first-order valence-electron chi connectivity index (χ1n) is 8.72. The van der Waals surface area contributed by atoms with E-state index in [1.54, 1.807) is 0 Å². The Bertz CT molecular complexity index is 782. The molecule has 2 aliphatic heterocycles. The molecule has 2 fully saturated rings. The molecule has 4 rings (SSSR count). The van der Waals surface area contributed by atoms with Gasteiger partial charge in [0, 0.05) is 50.1 Å². The van der Waals surface area contributed by atoms with Crippen molar-refractivity contribution in [1.29, 1.82) is 0 Å². The van der Waals surface area contributed by atoms with Crippen LogP contribution in [0.2, 0.25) is 0 Å². The Morgan fingerprint density at radius 1 is 1.33 bits per heavy atom. The molecule has 3 heterocycles. The molecule has 1 aromatic heterocycles. The van der Waals surface area contributed by atoms with E-state index in [1.165, 1.54) is 10.9 Å². The van der Waals surface area contributed by atoms with E-state index in [4.69, 9.17) is 0 Å². The molecule has 24 heavy (non-hydrogen) atoms. The number of aromatic amines is 1. The van der Waals surface area contributed by atoms with E-state index in [0.717, 1.165) is 24.9 Å². The van der Waals surface area contributed by atoms with Gasteiger partial charge < -0.3 is 14.8 Å². The number of amides is 2. The molecule has 2 saturated heterocycles. The number of benzene rings is 1. The van der Waals surface area contributed by atoms with Gasteiger partial charge in [0.1, 0.15) is 0 Å². The lowest BCUT2D eigenvalue weighted by Gasteiger charge is -2.37. The van der Waals surface area contributed by atoms with Crippen molar-refractivity contribution in [2.24, 2.45) is 5.92 Å². The minimum absolute atomic E-state index is 0.200. The number of carbonyl (C=O) groups excluding carboxylic acids is 2. The van der Waals surface area contributed by atoms with Crippen LogP contribution in [0.1, 0.15) is 24.8 Å². The van der Waals surface area contributed by atoms with Gasteiger partial charge in [-0.3, -0.25) is 9.59 Å². The van der Waals surface area contributed by atoms with Crippen molar-refractivity contribution in [3.63, 3.8) is 0 Å². The van der Waals surface area contributed by atoms with Crippen molar-refractivity contribution in [1.82, 2.24) is 14.8 Å². The van der Waals surface area contributed by atoms with Crippen molar-refractivity contribution >= 4 is 22.7 Å². The standard InChI is InChI=1S/C19H23N3O2/c1-21-17-12-22(9-8-13(17)10-19(21)24)18(23)7-6-14-11-20-16-5-3-2-4-15(14)16/h2-5,11,13,17,20H,6-10,12H2,1H3/t13-,17-/m1/s1. The highest BCUT2D eigenvalue weighted by Gasteiger charge is 2.41. The van der Waals surface area contributed by atoms with E-state index in [1.807, 2.05) is 35.2 Å². The Morgan fingerprint density at radius 3 is 3.04 bits per heavy atom. The van der Waals surface area contributed by atoms with Crippen LogP contribution in [-0.2, 0) is 16.0 Å². The third-order valence-electron chi connectivity index (χ3n) is 5.68. The van der Waals surface area contributed by atoms with Crippen molar-refractivity contribution in [3.8, 4) is 0 Å². The van der Waals surface area contributed by atoms with Crippen LogP contribution in [0.3, 0.4) is 0 Å². The topological polar surface area (TPSA) is 56.4 Å². The first kappa shape index (κ1) is 15.2. The number of hydrogen-bond donors (Lipinski definition) is 1. The summed E-state index contributed by atoms with van der Waals surface area (Å²) in [6, 6.07) is 8.40. The number of aromatic nitrogens is 1. The second kappa shape index (κ2) is 5.96. The zero-order chi connectivity index (χ0) is 16.7. The van der Waals surface area contributed by atoms with E-state index in [9.17, 15) is 9.59 Å². The zero-order valence-electron chi connectivity index (χ0n) is 14.0. The van der Waals surface area contributed by atoms with Gasteiger partial charge >= 0.3 is 0 Å². The largest absolute Gasteiger partial charge is 0.361 e. The SMILES string of the molecule is CN1C(=O)C[C@H]2CCN(C(=O)CCc3c[nH]c4ccccc34)C[C@H]21. The molecule has 0 saturated carbocycles. The first-order valence-corrected chi connectivity index (χ1v) is 8.72. The third kappa shape index (κ3) is 2.58. The van der Waals surface area contributed by atoms with E-state index >= 15 is 0 Å². The predicted octanol–water partition coefficient (Wildman–Crippen LogP) is 2.18. The van der Waals surface area contributed by atoms with Crippen molar-refractivity contribution in [2.45, 2.75) is 31.7 Å². The van der Waals surface area contributed by atoms with Gasteiger partial charge in [-0.05, 0) is 30.4 Å². The van der Waals surface area contributed by atoms with Gasteiger partial charge in [0.15, 0.2) is 0 Å². The van der Waals surface area contributed by atoms with Crippen molar-refractivity contribution < 1.29 is 9.59 Å². The molecule has 2 amide bonds. The lowest BCUT2D eigenvalue weighted by atomic mass is 9.92. The number of hydrogen-bond acceptors (Lipinski definition) is 2. The summed E-state index contributed by atoms with van der Waals surface area (Å²) in [5.41, 5.74) is 2.31. The molecule has 2 aromatic rings. The average Bonchev–Trinajstić information content (AvgIpc) is 3.14. The summed E-state index contributed by atoms with van der Waals surface area (Å²) in [5, 5.41) is 1.20. The molecular formula is C19H23N3O2. The molecule has 0 bridgehead atoms. The fourth-order valence-electron chi connectivity index (χ4n) is 4.17. The number of carbonyl (C=O) groups is 2. The number of piperidine rings is 1. The third-order valence-corrected chi connectivity index (χ3v) is 5.68. The first-order chi connectivity index (χ1) is 11.6. The van der Waals surface area contributed by atoms with Crippen LogP contribution in [-0.4, -0.2) is 52.8 Å². The zero-order valence-corrected chi connectivity index (χ0v) is 14.0. The Balaban J connectivity index is 1.39. The number of nitrogens with zero attached hydrogens (tertiary/aromatic N) is 2. The summed E-state index contributed by atoms with van der Waals surface area (Å²) in [5.74, 6) is 0.852. The summed E-state index contributed by atoms with van der Waals surface area (Å²) in [7, 11) is 1.87. The normalized spacial score (nSPS) is 23.8. The minimum Gasteiger partial charge on any atom is -0.361 e. The highest BCUT2D eigenvalue weighted by atomic mass is 16.2. The van der Waals surface area contributed by atoms with Gasteiger partial charge in [-0.1, -0.05) is 18.2 Å². The number of H-pyrrole nitrogens is 1. The van der Waals surface area contributed by atoms with Crippen LogP contribution in [0.25, 0.3) is 10.9 Å². The van der Waals surface area contributed by atoms with Gasteiger partial charge in [-0.2, -0.15) is 0 Å². The van der Waals surface area contributed by atoms with Gasteiger partial charge in [-0.25, -0.2) is 0 Å². The number of fused-ring (bicyclic) bond motifs is 2. The highest BCUT2D eigenvalue weighted by molar-refractivity contribution is 5.84. The molecule has 5 nitrogen and oxygen atoms in total. The quantitative estimate of drug-likeness (QED) is 0.940.